The van der Waals surface area contributed by atoms with Gasteiger partial charge in [-0.15, -0.1) is 0 Å². The van der Waals surface area contributed by atoms with Gasteiger partial charge in [-0.1, -0.05) is 0 Å². The van der Waals surface area contributed by atoms with E-state index in [1.165, 1.54) is 0 Å². The predicted molar refractivity (Wildman–Crippen MR) is 84.8 cm³/mol. The molecule has 1 amide bonds. The molecule has 0 radical (unpaired) electrons. The fourth-order valence-electron chi connectivity index (χ4n) is 1.40. The summed E-state index contributed by atoms with van der Waals surface area (Å²) in [6.07, 6.45) is -0.325. The molecule has 9 nitrogen and oxygen atoms in total. The molecule has 0 aliphatic carbocycles. The van der Waals surface area contributed by atoms with Crippen LogP contribution < -0.4 is 0 Å². The highest BCUT2D eigenvalue weighted by Crippen LogP contribution is 2.19. The molecule has 0 saturated heterocycles. The normalized spacial score (nSPS) is 11.5. The lowest BCUT2D eigenvalue weighted by atomic mass is 10.0. The van der Waals surface area contributed by atoms with Gasteiger partial charge in [0.25, 0.3) is 0 Å². The maximum Gasteiger partial charge on any atom is 0.520 e. The summed E-state index contributed by atoms with van der Waals surface area (Å²) < 4.78 is 20.3. The Balaban J connectivity index is 4.11. The first-order valence-electron chi connectivity index (χ1n) is 6.93. The molecule has 0 bridgehead atoms. The van der Waals surface area contributed by atoms with E-state index in [0.717, 1.165) is 0 Å². The Labute approximate surface area is 143 Å². The average molecular weight is 396 g/mol. The zero-order chi connectivity index (χ0) is 17.9. The van der Waals surface area contributed by atoms with E-state index >= 15 is 0 Å². The molecule has 0 aromatic heterocycles. The number of azide groups is 1. The van der Waals surface area contributed by atoms with Crippen molar-refractivity contribution in [2.75, 3.05) is 19.8 Å². The van der Waals surface area contributed by atoms with Crippen LogP contribution in [0.25, 0.3) is 10.4 Å². The number of hydrogen-bond donors (Lipinski definition) is 0. The van der Waals surface area contributed by atoms with E-state index in [2.05, 4.69) is 30.1 Å². The molecule has 23 heavy (non-hydrogen) atoms. The van der Waals surface area contributed by atoms with Gasteiger partial charge in [-0.2, -0.15) is 0 Å². The molecule has 0 spiro atoms. The lowest BCUT2D eigenvalue weighted by molar-refractivity contribution is -0.132. The zero-order valence-electron chi connectivity index (χ0n) is 13.7. The van der Waals surface area contributed by atoms with Crippen molar-refractivity contribution in [3.8, 4) is 0 Å². The largest absolute Gasteiger partial charge is 0.520 e. The summed E-state index contributed by atoms with van der Waals surface area (Å²) in [5.74, 6) is -0.569. The second kappa shape index (κ2) is 10.4. The molecule has 0 aliphatic rings. The minimum absolute atomic E-state index is 0.0133. The molecule has 0 unspecified atom stereocenters. The third-order valence-corrected chi connectivity index (χ3v) is 3.03. The molecule has 0 saturated carbocycles. The maximum absolute atomic E-state index is 11.1. The summed E-state index contributed by atoms with van der Waals surface area (Å²) in [4.78, 5) is 24.3. The summed E-state index contributed by atoms with van der Waals surface area (Å²) in [5.41, 5.74) is 6.97. The molecule has 10 heteroatoms. The van der Waals surface area contributed by atoms with Gasteiger partial charge in [-0.3, -0.25) is 4.79 Å². The molecule has 0 rings (SSSR count). The van der Waals surface area contributed by atoms with Crippen LogP contribution in [0.15, 0.2) is 5.11 Å². The Hall–Kier alpha value is -1.35. The van der Waals surface area contributed by atoms with Crippen molar-refractivity contribution in [3.63, 3.8) is 0 Å². The van der Waals surface area contributed by atoms with Gasteiger partial charge < -0.3 is 18.0 Å². The topological polar surface area (TPSA) is 120 Å². The van der Waals surface area contributed by atoms with Crippen LogP contribution in [-0.4, -0.2) is 43.1 Å². The number of amides is 1. The quantitative estimate of drug-likeness (QED) is 0.241. The fraction of sp³-hybridized carbons (Fsp3) is 0.846. The second-order valence-electron chi connectivity index (χ2n) is 5.92. The molecule has 0 heterocycles. The predicted octanol–water partition coefficient (Wildman–Crippen LogP) is 3.66. The van der Waals surface area contributed by atoms with Gasteiger partial charge in [0.1, 0.15) is 0 Å². The van der Waals surface area contributed by atoms with Gasteiger partial charge in [0.2, 0.25) is 5.91 Å². The van der Waals surface area contributed by atoms with E-state index in [9.17, 15) is 9.59 Å². The standard InChI is InChI=1S/C13H22BrN3O6/c1-12(2,6-8-20-11(19)23-14)22-9-13(3,4)21-7-5-10(18)16-17-15/h5-9H2,1-4H3. The molecular weight excluding hydrogens is 374 g/mol. The minimum Gasteiger partial charge on any atom is -0.434 e. The Morgan fingerprint density at radius 1 is 1.13 bits per heavy atom. The van der Waals surface area contributed by atoms with Crippen LogP contribution in [0.2, 0.25) is 0 Å². The van der Waals surface area contributed by atoms with Crippen LogP contribution >= 0.6 is 16.3 Å². The first kappa shape index (κ1) is 21.6. The smallest absolute Gasteiger partial charge is 0.434 e. The van der Waals surface area contributed by atoms with Gasteiger partial charge in [0.15, 0.2) is 16.3 Å². The zero-order valence-corrected chi connectivity index (χ0v) is 15.3. The lowest BCUT2D eigenvalue weighted by Crippen LogP contribution is -2.37. The highest BCUT2D eigenvalue weighted by molar-refractivity contribution is 9.06. The van der Waals surface area contributed by atoms with E-state index in [0.29, 0.717) is 6.42 Å². The number of nitrogens with zero attached hydrogens (tertiary/aromatic N) is 3. The molecule has 0 aliphatic heterocycles. The fourth-order valence-corrected chi connectivity index (χ4v) is 1.49. The van der Waals surface area contributed by atoms with Crippen molar-refractivity contribution in [1.29, 1.82) is 0 Å². The minimum atomic E-state index is -0.811. The van der Waals surface area contributed by atoms with E-state index in [1.807, 2.05) is 27.7 Å². The van der Waals surface area contributed by atoms with Crippen LogP contribution in [0.4, 0.5) is 4.79 Å². The number of carbonyl (C=O) groups excluding carboxylic acids is 2. The third kappa shape index (κ3) is 11.8. The number of halogens is 1. The lowest BCUT2D eigenvalue weighted by Gasteiger charge is -2.32. The monoisotopic (exact) mass is 395 g/mol. The highest BCUT2D eigenvalue weighted by Gasteiger charge is 2.26. The van der Waals surface area contributed by atoms with Gasteiger partial charge >= 0.3 is 6.16 Å². The van der Waals surface area contributed by atoms with Gasteiger partial charge in [0.05, 0.1) is 31.0 Å². The molecule has 0 N–H and O–H groups in total. The van der Waals surface area contributed by atoms with Crippen molar-refractivity contribution in [3.05, 3.63) is 10.4 Å². The Kier molecular flexibility index (Phi) is 9.82. The van der Waals surface area contributed by atoms with Crippen LogP contribution in [0.3, 0.4) is 0 Å². The average Bonchev–Trinajstić information content (AvgIpc) is 2.45. The Morgan fingerprint density at radius 3 is 2.35 bits per heavy atom. The van der Waals surface area contributed by atoms with Crippen LogP contribution in [0.5, 0.6) is 0 Å². The number of ether oxygens (including phenoxy) is 3. The third-order valence-electron chi connectivity index (χ3n) is 2.76. The Bertz CT molecular complexity index is 449. The molecule has 0 fully saturated rings. The summed E-state index contributed by atoms with van der Waals surface area (Å²) in [6, 6.07) is 0. The first-order chi connectivity index (χ1) is 10.6. The SMILES string of the molecule is CC(C)(CCOC(=O)OBr)OCC(C)(C)OCCC(=O)N=[N+]=[N-]. The van der Waals surface area contributed by atoms with E-state index in [-0.39, 0.29) is 26.2 Å². The Morgan fingerprint density at radius 2 is 1.78 bits per heavy atom. The first-order valence-corrected chi connectivity index (χ1v) is 7.58. The van der Waals surface area contributed by atoms with Crippen molar-refractivity contribution >= 4 is 28.3 Å². The molecule has 0 aromatic rings. The van der Waals surface area contributed by atoms with Gasteiger partial charge in [-0.05, 0) is 38.3 Å². The summed E-state index contributed by atoms with van der Waals surface area (Å²) in [7, 11) is 0. The molecule has 0 aromatic carbocycles. The van der Waals surface area contributed by atoms with E-state index < -0.39 is 23.3 Å². The van der Waals surface area contributed by atoms with Crippen LogP contribution in [0, 0.1) is 0 Å². The summed E-state index contributed by atoms with van der Waals surface area (Å²) >= 11 is 2.52. The number of rotatable bonds is 10. The molecular formula is C13H22BrN3O6. The van der Waals surface area contributed by atoms with E-state index in [1.54, 1.807) is 0 Å². The number of carbonyl (C=O) groups is 2. The van der Waals surface area contributed by atoms with Crippen molar-refractivity contribution in [2.45, 2.75) is 51.7 Å². The summed E-state index contributed by atoms with van der Waals surface area (Å²) in [5, 5.41) is 2.96. The second-order valence-corrected chi connectivity index (χ2v) is 6.24. The maximum atomic E-state index is 11.1. The van der Waals surface area contributed by atoms with Gasteiger partial charge in [0, 0.05) is 17.8 Å². The van der Waals surface area contributed by atoms with E-state index in [4.69, 9.17) is 19.7 Å². The summed E-state index contributed by atoms with van der Waals surface area (Å²) in [6.45, 7) is 7.92. The number of hydrogen-bond acceptors (Lipinski definition) is 6. The van der Waals surface area contributed by atoms with Crippen LogP contribution in [-0.2, 0) is 22.8 Å². The molecule has 0 atom stereocenters. The van der Waals surface area contributed by atoms with Gasteiger partial charge in [-0.25, -0.2) is 4.79 Å². The molecule has 132 valence electrons. The van der Waals surface area contributed by atoms with Crippen molar-refractivity contribution in [1.82, 2.24) is 0 Å². The van der Waals surface area contributed by atoms with Crippen molar-refractivity contribution < 1.29 is 27.6 Å². The van der Waals surface area contributed by atoms with Crippen LogP contribution in [0.1, 0.15) is 40.5 Å². The highest BCUT2D eigenvalue weighted by atomic mass is 79.9. The van der Waals surface area contributed by atoms with Crippen molar-refractivity contribution in [2.24, 2.45) is 5.11 Å².